The topological polar surface area (TPSA) is 114 Å². The van der Waals surface area contributed by atoms with Crippen LogP contribution in [0.15, 0.2) is 78.2 Å². The highest BCUT2D eigenvalue weighted by Gasteiger charge is 2.11. The van der Waals surface area contributed by atoms with Crippen molar-refractivity contribution in [3.05, 3.63) is 89.4 Å². The van der Waals surface area contributed by atoms with Gasteiger partial charge in [0.2, 0.25) is 0 Å². The lowest BCUT2D eigenvalue weighted by Crippen LogP contribution is -2.26. The van der Waals surface area contributed by atoms with Crippen LogP contribution >= 0.6 is 0 Å². The number of rotatable bonds is 12. The fourth-order valence-corrected chi connectivity index (χ4v) is 3.13. The number of aryl methyl sites for hydroxylation is 1. The monoisotopic (exact) mass is 495 g/mol. The molecule has 0 saturated carbocycles. The van der Waals surface area contributed by atoms with Crippen molar-refractivity contribution in [2.24, 2.45) is 5.84 Å². The van der Waals surface area contributed by atoms with Crippen LogP contribution in [0.5, 0.6) is 5.75 Å². The minimum Gasteiger partial charge on any atom is -0.477 e. The summed E-state index contributed by atoms with van der Waals surface area (Å²) in [6.07, 6.45) is 7.80. The van der Waals surface area contributed by atoms with Crippen LogP contribution in [0.1, 0.15) is 38.7 Å². The van der Waals surface area contributed by atoms with Gasteiger partial charge in [0.1, 0.15) is 17.3 Å². The predicted molar refractivity (Wildman–Crippen MR) is 149 cm³/mol. The van der Waals surface area contributed by atoms with E-state index in [0.717, 1.165) is 25.5 Å². The van der Waals surface area contributed by atoms with E-state index in [9.17, 15) is 4.79 Å². The van der Waals surface area contributed by atoms with Gasteiger partial charge >= 0.3 is 0 Å². The number of hydrogen-bond acceptors (Lipinski definition) is 7. The molecule has 0 spiro atoms. The molecule has 5 N–H and O–H groups in total. The Labute approximate surface area is 214 Å². The Morgan fingerprint density at radius 1 is 1.08 bits per heavy atom. The van der Waals surface area contributed by atoms with E-state index in [0.29, 0.717) is 30.4 Å². The summed E-state index contributed by atoms with van der Waals surface area (Å²) >= 11 is 0. The van der Waals surface area contributed by atoms with Gasteiger partial charge in [0.05, 0.1) is 6.20 Å². The van der Waals surface area contributed by atoms with Crippen molar-refractivity contribution in [3.63, 3.8) is 0 Å². The Morgan fingerprint density at radius 2 is 1.75 bits per heavy atom. The van der Waals surface area contributed by atoms with Crippen molar-refractivity contribution >= 4 is 5.69 Å². The summed E-state index contributed by atoms with van der Waals surface area (Å²) in [5.41, 5.74) is 4.91. The molecule has 0 saturated heterocycles. The SMILES string of the molecule is C=CCn1c(-c2ccc(OCNN)cc2)ncc(NCCCc2ccccc2)c1=O.CCCC.CO. The Kier molecular flexibility index (Phi) is 16.0. The number of hydrogen-bond donors (Lipinski definition) is 4. The predicted octanol–water partition coefficient (Wildman–Crippen LogP) is 4.36. The lowest BCUT2D eigenvalue weighted by Gasteiger charge is -2.14. The first kappa shape index (κ1) is 30.6. The number of nitrogens with two attached hydrogens (primary N) is 1. The molecule has 1 aromatic heterocycles. The third kappa shape index (κ3) is 10.4. The maximum absolute atomic E-state index is 13.0. The highest BCUT2D eigenvalue weighted by molar-refractivity contribution is 5.58. The lowest BCUT2D eigenvalue weighted by molar-refractivity contribution is 0.286. The Hall–Kier alpha value is -3.46. The molecule has 0 aliphatic carbocycles. The summed E-state index contributed by atoms with van der Waals surface area (Å²) in [7, 11) is 1.00. The number of benzene rings is 2. The fourth-order valence-electron chi connectivity index (χ4n) is 3.13. The van der Waals surface area contributed by atoms with Crippen molar-refractivity contribution in [1.82, 2.24) is 15.0 Å². The molecule has 0 amide bonds. The van der Waals surface area contributed by atoms with Crippen LogP contribution in [0, 0.1) is 0 Å². The van der Waals surface area contributed by atoms with Gasteiger partial charge in [0.15, 0.2) is 6.73 Å². The van der Waals surface area contributed by atoms with E-state index in [2.05, 4.69) is 48.3 Å². The highest BCUT2D eigenvalue weighted by atomic mass is 16.5. The summed E-state index contributed by atoms with van der Waals surface area (Å²) in [4.78, 5) is 17.5. The summed E-state index contributed by atoms with van der Waals surface area (Å²) in [6, 6.07) is 17.6. The smallest absolute Gasteiger partial charge is 0.277 e. The van der Waals surface area contributed by atoms with E-state index in [1.807, 2.05) is 42.5 Å². The average Bonchev–Trinajstić information content (AvgIpc) is 2.94. The molecule has 196 valence electrons. The second-order valence-corrected chi connectivity index (χ2v) is 7.73. The van der Waals surface area contributed by atoms with Crippen molar-refractivity contribution in [3.8, 4) is 17.1 Å². The largest absolute Gasteiger partial charge is 0.477 e. The number of anilines is 1. The standard InChI is InChI=1S/C23H27N5O2.C4H10.CH4O/c1-2-15-28-22(19-10-12-20(13-11-19)30-17-27-24)26-16-21(23(28)29)25-14-6-9-18-7-4-3-5-8-18;1-3-4-2;1-2/h2-5,7-8,10-13,16,25,27H,1,6,9,14-15,17,24H2;3-4H2,1-2H3;2H,1H3. The number of nitrogens with one attached hydrogen (secondary N) is 2. The average molecular weight is 496 g/mol. The molecule has 0 unspecified atom stereocenters. The van der Waals surface area contributed by atoms with E-state index >= 15 is 0 Å². The van der Waals surface area contributed by atoms with Gasteiger partial charge in [-0.25, -0.2) is 10.4 Å². The van der Waals surface area contributed by atoms with Crippen LogP contribution in [-0.2, 0) is 13.0 Å². The summed E-state index contributed by atoms with van der Waals surface area (Å²) in [5, 5.41) is 10.2. The molecule has 3 rings (SSSR count). The van der Waals surface area contributed by atoms with E-state index in [4.69, 9.17) is 15.7 Å². The molecule has 8 nitrogen and oxygen atoms in total. The van der Waals surface area contributed by atoms with Gasteiger partial charge in [-0.1, -0.05) is 63.1 Å². The zero-order valence-electron chi connectivity index (χ0n) is 21.7. The quantitative estimate of drug-likeness (QED) is 0.0970. The van der Waals surface area contributed by atoms with Gasteiger partial charge in [-0.3, -0.25) is 15.2 Å². The maximum atomic E-state index is 13.0. The van der Waals surface area contributed by atoms with Crippen LogP contribution < -0.4 is 26.9 Å². The van der Waals surface area contributed by atoms with Gasteiger partial charge in [-0.05, 0) is 42.7 Å². The molecule has 0 bridgehead atoms. The summed E-state index contributed by atoms with van der Waals surface area (Å²) in [5.74, 6) is 6.47. The number of hydrazine groups is 1. The Balaban J connectivity index is 0.000000982. The minimum atomic E-state index is -0.118. The number of aromatic nitrogens is 2. The van der Waals surface area contributed by atoms with Gasteiger partial charge in [0, 0.05) is 25.8 Å². The van der Waals surface area contributed by atoms with Crippen LogP contribution in [0.4, 0.5) is 5.69 Å². The maximum Gasteiger partial charge on any atom is 0.277 e. The Bertz CT molecular complexity index is 1040. The molecular formula is C28H41N5O3. The van der Waals surface area contributed by atoms with E-state index in [1.54, 1.807) is 16.8 Å². The van der Waals surface area contributed by atoms with E-state index in [-0.39, 0.29) is 12.3 Å². The number of aliphatic hydroxyl groups excluding tert-OH is 1. The molecule has 0 fully saturated rings. The fraction of sp³-hybridized carbons (Fsp3) is 0.357. The van der Waals surface area contributed by atoms with Crippen LogP contribution in [0.3, 0.4) is 0 Å². The first-order chi connectivity index (χ1) is 17.6. The third-order valence-corrected chi connectivity index (χ3v) is 5.09. The molecule has 0 atom stereocenters. The molecule has 0 aliphatic heterocycles. The summed E-state index contributed by atoms with van der Waals surface area (Å²) < 4.78 is 7.02. The van der Waals surface area contributed by atoms with Gasteiger partial charge in [-0.15, -0.1) is 6.58 Å². The molecule has 36 heavy (non-hydrogen) atoms. The first-order valence-corrected chi connectivity index (χ1v) is 12.2. The number of allylic oxidation sites excluding steroid dienone is 1. The van der Waals surface area contributed by atoms with Gasteiger partial charge < -0.3 is 15.2 Å². The second-order valence-electron chi connectivity index (χ2n) is 7.73. The van der Waals surface area contributed by atoms with Gasteiger partial charge in [-0.2, -0.15) is 0 Å². The third-order valence-electron chi connectivity index (χ3n) is 5.09. The normalized spacial score (nSPS) is 9.81. The van der Waals surface area contributed by atoms with Crippen molar-refractivity contribution in [2.45, 2.75) is 46.1 Å². The highest BCUT2D eigenvalue weighted by Crippen LogP contribution is 2.20. The lowest BCUT2D eigenvalue weighted by atomic mass is 10.1. The molecule has 2 aromatic carbocycles. The van der Waals surface area contributed by atoms with Gasteiger partial charge in [0.25, 0.3) is 5.56 Å². The molecule has 8 heteroatoms. The van der Waals surface area contributed by atoms with E-state index < -0.39 is 0 Å². The van der Waals surface area contributed by atoms with Crippen molar-refractivity contribution in [1.29, 1.82) is 0 Å². The molecule has 0 aliphatic rings. The second kappa shape index (κ2) is 18.8. The van der Waals surface area contributed by atoms with Crippen molar-refractivity contribution < 1.29 is 9.84 Å². The summed E-state index contributed by atoms with van der Waals surface area (Å²) in [6.45, 7) is 9.41. The number of unbranched alkanes of at least 4 members (excludes halogenated alkanes) is 1. The molecule has 3 aromatic rings. The van der Waals surface area contributed by atoms with Crippen LogP contribution in [0.2, 0.25) is 0 Å². The molecular weight excluding hydrogens is 454 g/mol. The first-order valence-electron chi connectivity index (χ1n) is 12.2. The molecule has 1 heterocycles. The van der Waals surface area contributed by atoms with E-state index in [1.165, 1.54) is 18.4 Å². The number of ether oxygens (including phenoxy) is 1. The number of aliphatic hydroxyl groups is 1. The minimum absolute atomic E-state index is 0.118. The molecule has 0 radical (unpaired) electrons. The van der Waals surface area contributed by atoms with Crippen LogP contribution in [0.25, 0.3) is 11.4 Å². The number of nitrogens with zero attached hydrogens (tertiary/aromatic N) is 2. The van der Waals surface area contributed by atoms with Crippen molar-refractivity contribution in [2.75, 3.05) is 25.7 Å². The zero-order valence-corrected chi connectivity index (χ0v) is 21.7. The zero-order chi connectivity index (χ0) is 26.6. The Morgan fingerprint density at radius 3 is 2.33 bits per heavy atom. The van der Waals surface area contributed by atoms with Crippen LogP contribution in [-0.4, -0.2) is 35.0 Å².